The third-order valence-corrected chi connectivity index (χ3v) is 4.11. The van der Waals surface area contributed by atoms with Gasteiger partial charge in [0, 0.05) is 26.2 Å². The molecule has 20 heavy (non-hydrogen) atoms. The summed E-state index contributed by atoms with van der Waals surface area (Å²) in [5, 5.41) is 5.51. The van der Waals surface area contributed by atoms with Crippen LogP contribution in [0.1, 0.15) is 20.8 Å². The third kappa shape index (κ3) is 2.69. The van der Waals surface area contributed by atoms with Gasteiger partial charge in [-0.15, -0.1) is 0 Å². The summed E-state index contributed by atoms with van der Waals surface area (Å²) in [6.07, 6.45) is 0. The van der Waals surface area contributed by atoms with Gasteiger partial charge in [0.2, 0.25) is 11.8 Å². The van der Waals surface area contributed by atoms with Crippen molar-refractivity contribution in [3.05, 3.63) is 0 Å². The average Bonchev–Trinajstić information content (AvgIpc) is 2.42. The Bertz CT molecular complexity index is 429. The van der Waals surface area contributed by atoms with Crippen molar-refractivity contribution >= 4 is 17.7 Å². The summed E-state index contributed by atoms with van der Waals surface area (Å²) in [6.45, 7) is 8.38. The Kier molecular flexibility index (Phi) is 4.10. The number of nitrogens with one attached hydrogen (secondary N) is 2. The minimum atomic E-state index is -0.993. The molecule has 3 amide bonds. The summed E-state index contributed by atoms with van der Waals surface area (Å²) in [5.74, 6) is -1.01. The van der Waals surface area contributed by atoms with Gasteiger partial charge in [0.25, 0.3) is 5.91 Å². The molecule has 2 heterocycles. The van der Waals surface area contributed by atoms with Crippen LogP contribution in [-0.2, 0) is 14.4 Å². The van der Waals surface area contributed by atoms with E-state index in [0.29, 0.717) is 0 Å². The van der Waals surface area contributed by atoms with Crippen LogP contribution in [0.15, 0.2) is 0 Å². The average molecular weight is 282 g/mol. The van der Waals surface area contributed by atoms with E-state index < -0.39 is 17.4 Å². The Morgan fingerprint density at radius 1 is 1.25 bits per heavy atom. The molecule has 0 bridgehead atoms. The molecule has 2 N–H and O–H groups in total. The van der Waals surface area contributed by atoms with E-state index in [-0.39, 0.29) is 18.5 Å². The maximum Gasteiger partial charge on any atom is 0.252 e. The van der Waals surface area contributed by atoms with E-state index in [9.17, 15) is 14.4 Å². The molecule has 2 saturated heterocycles. The first kappa shape index (κ1) is 14.9. The van der Waals surface area contributed by atoms with Gasteiger partial charge in [0.1, 0.15) is 12.1 Å². The molecule has 0 aromatic heterocycles. The van der Waals surface area contributed by atoms with Gasteiger partial charge >= 0.3 is 0 Å². The van der Waals surface area contributed by atoms with E-state index in [1.807, 2.05) is 6.92 Å². The number of carbonyl (C=O) groups is 3. The van der Waals surface area contributed by atoms with E-state index in [2.05, 4.69) is 15.5 Å². The van der Waals surface area contributed by atoms with Gasteiger partial charge in [-0.25, -0.2) is 0 Å². The number of piperazine rings is 2. The quantitative estimate of drug-likeness (QED) is 0.605. The molecule has 1 unspecified atom stereocenters. The minimum absolute atomic E-state index is 0.0615. The summed E-state index contributed by atoms with van der Waals surface area (Å²) in [4.78, 5) is 39.5. The van der Waals surface area contributed by atoms with Crippen molar-refractivity contribution in [3.8, 4) is 0 Å². The molecule has 2 rings (SSSR count). The Morgan fingerprint density at radius 3 is 2.45 bits per heavy atom. The van der Waals surface area contributed by atoms with Crippen molar-refractivity contribution in [2.75, 3.05) is 32.7 Å². The normalized spacial score (nSPS) is 25.2. The highest BCUT2D eigenvalue weighted by Crippen LogP contribution is 2.20. The molecule has 112 valence electrons. The number of amides is 3. The largest absolute Gasteiger partial charge is 0.318 e. The maximum absolute atomic E-state index is 12.6. The second-order valence-corrected chi connectivity index (χ2v) is 5.82. The number of rotatable bonds is 2. The van der Waals surface area contributed by atoms with Crippen LogP contribution < -0.4 is 10.6 Å². The van der Waals surface area contributed by atoms with Crippen LogP contribution in [-0.4, -0.2) is 71.8 Å². The standard InChI is InChI=1S/C13H22N4O3/c1-9(16-6-4-14-5-7-16)11(19)17-8-10(18)15-12(20)13(17,2)3/h9,14H,4-8H2,1-3H3,(H,15,18,20). The number of hydrogen-bond acceptors (Lipinski definition) is 5. The van der Waals surface area contributed by atoms with Gasteiger partial charge in [-0.3, -0.25) is 24.6 Å². The van der Waals surface area contributed by atoms with Gasteiger partial charge in [-0.2, -0.15) is 0 Å². The summed E-state index contributed by atoms with van der Waals surface area (Å²) >= 11 is 0. The fourth-order valence-electron chi connectivity index (χ4n) is 2.59. The molecule has 7 nitrogen and oxygen atoms in total. The van der Waals surface area contributed by atoms with Gasteiger partial charge < -0.3 is 10.2 Å². The molecule has 0 saturated carbocycles. The van der Waals surface area contributed by atoms with Crippen LogP contribution in [0.25, 0.3) is 0 Å². The number of carbonyl (C=O) groups excluding carboxylic acids is 3. The second-order valence-electron chi connectivity index (χ2n) is 5.82. The van der Waals surface area contributed by atoms with Crippen molar-refractivity contribution in [2.24, 2.45) is 0 Å². The predicted octanol–water partition coefficient (Wildman–Crippen LogP) is -1.46. The maximum atomic E-state index is 12.6. The monoisotopic (exact) mass is 282 g/mol. The lowest BCUT2D eigenvalue weighted by atomic mass is 9.97. The summed E-state index contributed by atoms with van der Waals surface area (Å²) < 4.78 is 0. The van der Waals surface area contributed by atoms with E-state index in [0.717, 1.165) is 26.2 Å². The van der Waals surface area contributed by atoms with E-state index in [1.165, 1.54) is 4.90 Å². The van der Waals surface area contributed by atoms with Crippen molar-refractivity contribution in [3.63, 3.8) is 0 Å². The first-order valence-electron chi connectivity index (χ1n) is 6.94. The van der Waals surface area contributed by atoms with Gasteiger partial charge in [0.15, 0.2) is 0 Å². The van der Waals surface area contributed by atoms with Crippen LogP contribution in [0.3, 0.4) is 0 Å². The lowest BCUT2D eigenvalue weighted by molar-refractivity contribution is -0.158. The second kappa shape index (κ2) is 5.49. The van der Waals surface area contributed by atoms with Gasteiger partial charge in [0.05, 0.1) is 6.04 Å². The molecule has 2 aliphatic rings. The summed E-state index contributed by atoms with van der Waals surface area (Å²) in [5.41, 5.74) is -0.993. The molecule has 0 radical (unpaired) electrons. The molecular weight excluding hydrogens is 260 g/mol. The van der Waals surface area contributed by atoms with Crippen LogP contribution in [0.5, 0.6) is 0 Å². The Morgan fingerprint density at radius 2 is 1.85 bits per heavy atom. The zero-order valence-corrected chi connectivity index (χ0v) is 12.2. The lowest BCUT2D eigenvalue weighted by Gasteiger charge is -2.43. The highest BCUT2D eigenvalue weighted by molar-refractivity contribution is 6.06. The number of imide groups is 1. The minimum Gasteiger partial charge on any atom is -0.318 e. The van der Waals surface area contributed by atoms with E-state index >= 15 is 0 Å². The van der Waals surface area contributed by atoms with Gasteiger partial charge in [-0.05, 0) is 20.8 Å². The fraction of sp³-hybridized carbons (Fsp3) is 0.769. The van der Waals surface area contributed by atoms with Crippen molar-refractivity contribution < 1.29 is 14.4 Å². The topological polar surface area (TPSA) is 81.8 Å². The molecule has 7 heteroatoms. The van der Waals surface area contributed by atoms with E-state index in [4.69, 9.17) is 0 Å². The first-order chi connectivity index (χ1) is 9.34. The Balaban J connectivity index is 2.13. The Hall–Kier alpha value is -1.47. The van der Waals surface area contributed by atoms with Crippen molar-refractivity contribution in [1.82, 2.24) is 20.4 Å². The predicted molar refractivity (Wildman–Crippen MR) is 72.8 cm³/mol. The highest BCUT2D eigenvalue weighted by Gasteiger charge is 2.45. The molecule has 1 atom stereocenters. The van der Waals surface area contributed by atoms with Crippen molar-refractivity contribution in [2.45, 2.75) is 32.4 Å². The Labute approximate surface area is 118 Å². The zero-order chi connectivity index (χ0) is 14.9. The third-order valence-electron chi connectivity index (χ3n) is 4.11. The van der Waals surface area contributed by atoms with Gasteiger partial charge in [-0.1, -0.05) is 0 Å². The van der Waals surface area contributed by atoms with Crippen LogP contribution in [0.2, 0.25) is 0 Å². The van der Waals surface area contributed by atoms with Crippen LogP contribution >= 0.6 is 0 Å². The van der Waals surface area contributed by atoms with Crippen molar-refractivity contribution in [1.29, 1.82) is 0 Å². The molecular formula is C13H22N4O3. The molecule has 0 aliphatic carbocycles. The molecule has 0 aromatic carbocycles. The summed E-state index contributed by atoms with van der Waals surface area (Å²) in [6, 6.07) is -0.324. The molecule has 0 aromatic rings. The molecule has 2 fully saturated rings. The number of hydrogen-bond donors (Lipinski definition) is 2. The number of nitrogens with zero attached hydrogens (tertiary/aromatic N) is 2. The first-order valence-corrected chi connectivity index (χ1v) is 6.94. The van der Waals surface area contributed by atoms with Crippen LogP contribution in [0.4, 0.5) is 0 Å². The highest BCUT2D eigenvalue weighted by atomic mass is 16.2. The SMILES string of the molecule is CC(C(=O)N1CC(=O)NC(=O)C1(C)C)N1CCNCC1. The fourth-order valence-corrected chi connectivity index (χ4v) is 2.59. The lowest BCUT2D eigenvalue weighted by Crippen LogP contribution is -2.68. The molecule has 2 aliphatic heterocycles. The molecule has 0 spiro atoms. The smallest absolute Gasteiger partial charge is 0.252 e. The van der Waals surface area contributed by atoms with Crippen LogP contribution in [0, 0.1) is 0 Å². The zero-order valence-electron chi connectivity index (χ0n) is 12.2. The summed E-state index contributed by atoms with van der Waals surface area (Å²) in [7, 11) is 0. The van der Waals surface area contributed by atoms with E-state index in [1.54, 1.807) is 13.8 Å².